The molecule has 0 unspecified atom stereocenters. The number of para-hydroxylation sites is 1. The zero-order valence-electron chi connectivity index (χ0n) is 14.9. The lowest BCUT2D eigenvalue weighted by atomic mass is 10.1. The Balaban J connectivity index is 1.62. The normalized spacial score (nSPS) is 20.3. The molecule has 3 amide bonds. The van der Waals surface area contributed by atoms with Crippen molar-refractivity contribution in [3.8, 4) is 0 Å². The van der Waals surface area contributed by atoms with Crippen LogP contribution in [0.5, 0.6) is 0 Å². The maximum absolute atomic E-state index is 13.1. The van der Waals surface area contributed by atoms with Crippen LogP contribution in [0.15, 0.2) is 54.6 Å². The van der Waals surface area contributed by atoms with Crippen LogP contribution in [0.4, 0.5) is 5.69 Å². The van der Waals surface area contributed by atoms with Gasteiger partial charge >= 0.3 is 0 Å². The van der Waals surface area contributed by atoms with Crippen molar-refractivity contribution in [2.45, 2.75) is 12.5 Å². The first-order valence-corrected chi connectivity index (χ1v) is 10.7. The lowest BCUT2D eigenvalue weighted by molar-refractivity contribution is -0.119. The highest BCUT2D eigenvalue weighted by molar-refractivity contribution is 7.91. The topological polar surface area (TPSA) is 91.8 Å². The summed E-state index contributed by atoms with van der Waals surface area (Å²) in [6.07, 6.45) is 0.324. The third-order valence-corrected chi connectivity index (χ3v) is 6.80. The Morgan fingerprint density at radius 1 is 0.964 bits per heavy atom. The average Bonchev–Trinajstić information content (AvgIpc) is 3.15. The predicted octanol–water partition coefficient (Wildman–Crippen LogP) is 1.50. The minimum atomic E-state index is -3.22. The molecule has 0 spiro atoms. The van der Waals surface area contributed by atoms with Crippen LogP contribution in [0.2, 0.25) is 0 Å². The van der Waals surface area contributed by atoms with E-state index < -0.39 is 40.1 Å². The zero-order chi connectivity index (χ0) is 19.9. The third kappa shape index (κ3) is 3.20. The second-order valence-corrected chi connectivity index (χ2v) is 9.13. The number of amides is 3. The number of nitrogens with zero attached hydrogens (tertiary/aromatic N) is 2. The molecule has 2 aliphatic rings. The second-order valence-electron chi connectivity index (χ2n) is 6.90. The van der Waals surface area contributed by atoms with Gasteiger partial charge in [-0.15, -0.1) is 0 Å². The Morgan fingerprint density at radius 3 is 2.07 bits per heavy atom. The number of anilines is 1. The van der Waals surface area contributed by atoms with Gasteiger partial charge in [-0.3, -0.25) is 19.3 Å². The van der Waals surface area contributed by atoms with E-state index in [2.05, 4.69) is 0 Å². The number of benzene rings is 2. The van der Waals surface area contributed by atoms with Crippen LogP contribution in [-0.4, -0.2) is 55.1 Å². The number of sulfone groups is 1. The Labute approximate surface area is 162 Å². The van der Waals surface area contributed by atoms with Gasteiger partial charge in [0.05, 0.1) is 28.7 Å². The molecule has 8 heteroatoms. The minimum absolute atomic E-state index is 0.0152. The average molecular weight is 398 g/mol. The molecule has 2 aromatic carbocycles. The van der Waals surface area contributed by atoms with E-state index in [0.717, 1.165) is 4.90 Å². The van der Waals surface area contributed by atoms with Crippen molar-refractivity contribution >= 4 is 33.2 Å². The number of fused-ring (bicyclic) bond motifs is 1. The first-order valence-electron chi connectivity index (χ1n) is 8.90. The molecule has 28 heavy (non-hydrogen) atoms. The van der Waals surface area contributed by atoms with Gasteiger partial charge in [0.25, 0.3) is 11.8 Å². The fourth-order valence-corrected chi connectivity index (χ4v) is 5.42. The lowest BCUT2D eigenvalue weighted by Gasteiger charge is -2.29. The molecule has 4 rings (SSSR count). The van der Waals surface area contributed by atoms with E-state index in [1.54, 1.807) is 54.6 Å². The Bertz CT molecular complexity index is 1030. The molecule has 2 aromatic rings. The van der Waals surface area contributed by atoms with Gasteiger partial charge in [-0.05, 0) is 30.7 Å². The summed E-state index contributed by atoms with van der Waals surface area (Å²) < 4.78 is 23.9. The summed E-state index contributed by atoms with van der Waals surface area (Å²) >= 11 is 0. The third-order valence-electron chi connectivity index (χ3n) is 5.05. The summed E-state index contributed by atoms with van der Waals surface area (Å²) in [6, 6.07) is 14.6. The molecule has 1 atom stereocenters. The Morgan fingerprint density at radius 2 is 1.54 bits per heavy atom. The molecular weight excluding hydrogens is 380 g/mol. The van der Waals surface area contributed by atoms with Crippen LogP contribution in [0.25, 0.3) is 0 Å². The van der Waals surface area contributed by atoms with Gasteiger partial charge in [0.15, 0.2) is 9.84 Å². The van der Waals surface area contributed by atoms with Crippen molar-refractivity contribution < 1.29 is 22.8 Å². The molecule has 0 aliphatic carbocycles. The van der Waals surface area contributed by atoms with Crippen molar-refractivity contribution in [3.63, 3.8) is 0 Å². The summed E-state index contributed by atoms with van der Waals surface area (Å²) in [5.74, 6) is -1.62. The maximum Gasteiger partial charge on any atom is 0.262 e. The molecule has 1 saturated heterocycles. The first-order chi connectivity index (χ1) is 13.4. The molecular formula is C20H18N2O5S. The molecule has 0 N–H and O–H groups in total. The van der Waals surface area contributed by atoms with E-state index in [0.29, 0.717) is 12.1 Å². The lowest BCUT2D eigenvalue weighted by Crippen LogP contribution is -2.47. The molecule has 2 heterocycles. The predicted molar refractivity (Wildman–Crippen MR) is 103 cm³/mol. The van der Waals surface area contributed by atoms with E-state index in [1.165, 1.54) is 4.90 Å². The second kappa shape index (κ2) is 6.87. The van der Waals surface area contributed by atoms with Crippen LogP contribution < -0.4 is 4.90 Å². The van der Waals surface area contributed by atoms with E-state index >= 15 is 0 Å². The maximum atomic E-state index is 13.1. The molecule has 2 aliphatic heterocycles. The molecule has 0 bridgehead atoms. The number of carbonyl (C=O) groups is 3. The van der Waals surface area contributed by atoms with Gasteiger partial charge in [0.2, 0.25) is 5.91 Å². The van der Waals surface area contributed by atoms with Crippen molar-refractivity contribution in [1.29, 1.82) is 0 Å². The van der Waals surface area contributed by atoms with E-state index in [-0.39, 0.29) is 22.6 Å². The highest BCUT2D eigenvalue weighted by atomic mass is 32.2. The summed E-state index contributed by atoms with van der Waals surface area (Å²) in [6.45, 7) is -0.433. The Kier molecular flexibility index (Phi) is 4.50. The van der Waals surface area contributed by atoms with Crippen LogP contribution in [0.3, 0.4) is 0 Å². The molecule has 7 nitrogen and oxygen atoms in total. The zero-order valence-corrected chi connectivity index (χ0v) is 15.8. The van der Waals surface area contributed by atoms with Gasteiger partial charge in [0.1, 0.15) is 6.54 Å². The highest BCUT2D eigenvalue weighted by Gasteiger charge is 2.40. The van der Waals surface area contributed by atoms with Gasteiger partial charge in [0, 0.05) is 5.69 Å². The number of hydrogen-bond acceptors (Lipinski definition) is 5. The quantitative estimate of drug-likeness (QED) is 0.728. The largest absolute Gasteiger partial charge is 0.307 e. The number of hydrogen-bond donors (Lipinski definition) is 0. The van der Waals surface area contributed by atoms with Crippen molar-refractivity contribution in [2.24, 2.45) is 0 Å². The molecule has 1 fully saturated rings. The van der Waals surface area contributed by atoms with Gasteiger partial charge < -0.3 is 4.90 Å². The summed E-state index contributed by atoms with van der Waals surface area (Å²) in [5, 5.41) is 0. The van der Waals surface area contributed by atoms with E-state index in [4.69, 9.17) is 0 Å². The fourth-order valence-electron chi connectivity index (χ4n) is 3.72. The van der Waals surface area contributed by atoms with E-state index in [9.17, 15) is 22.8 Å². The van der Waals surface area contributed by atoms with Crippen LogP contribution in [0, 0.1) is 0 Å². The molecule has 0 saturated carbocycles. The van der Waals surface area contributed by atoms with Crippen LogP contribution in [0.1, 0.15) is 27.1 Å². The van der Waals surface area contributed by atoms with Gasteiger partial charge in [-0.2, -0.15) is 0 Å². The highest BCUT2D eigenvalue weighted by Crippen LogP contribution is 2.27. The van der Waals surface area contributed by atoms with Crippen LogP contribution in [-0.2, 0) is 14.6 Å². The summed E-state index contributed by atoms with van der Waals surface area (Å²) in [5.41, 5.74) is 1.09. The summed E-state index contributed by atoms with van der Waals surface area (Å²) in [7, 11) is -3.22. The van der Waals surface area contributed by atoms with Gasteiger partial charge in [-0.25, -0.2) is 8.42 Å². The smallest absolute Gasteiger partial charge is 0.262 e. The molecule has 0 radical (unpaired) electrons. The standard InChI is InChI=1S/C20H18N2O5S/c23-18(12-21-19(24)16-8-4-5-9-17(16)20(21)25)22(14-6-2-1-3-7-14)15-10-11-28(26,27)13-15/h1-9,15H,10-13H2/t15-/m1/s1. The summed E-state index contributed by atoms with van der Waals surface area (Å²) in [4.78, 5) is 40.6. The minimum Gasteiger partial charge on any atom is -0.307 e. The molecule has 0 aromatic heterocycles. The molecule has 144 valence electrons. The first kappa shape index (κ1) is 18.4. The Hall–Kier alpha value is -3.00. The fraction of sp³-hybridized carbons (Fsp3) is 0.250. The number of imide groups is 1. The van der Waals surface area contributed by atoms with Crippen molar-refractivity contribution in [3.05, 3.63) is 65.7 Å². The monoisotopic (exact) mass is 398 g/mol. The van der Waals surface area contributed by atoms with Crippen molar-refractivity contribution in [1.82, 2.24) is 4.90 Å². The van der Waals surface area contributed by atoms with Gasteiger partial charge in [-0.1, -0.05) is 30.3 Å². The van der Waals surface area contributed by atoms with E-state index in [1.807, 2.05) is 0 Å². The number of carbonyl (C=O) groups excluding carboxylic acids is 3. The van der Waals surface area contributed by atoms with Crippen LogP contribution >= 0.6 is 0 Å². The van der Waals surface area contributed by atoms with Crippen molar-refractivity contribution in [2.75, 3.05) is 23.0 Å². The SMILES string of the molecule is O=C1c2ccccc2C(=O)N1CC(=O)N(c1ccccc1)[C@@H]1CCS(=O)(=O)C1. The number of rotatable bonds is 4.